The highest BCUT2D eigenvalue weighted by atomic mass is 16.2. The van der Waals surface area contributed by atoms with Crippen molar-refractivity contribution in [1.82, 2.24) is 24.3 Å². The first-order valence-corrected chi connectivity index (χ1v) is 11.5. The fourth-order valence-corrected chi connectivity index (χ4v) is 4.75. The normalized spacial score (nSPS) is 16.4. The topological polar surface area (TPSA) is 78.2 Å². The lowest BCUT2D eigenvalue weighted by Gasteiger charge is -2.32. The smallest absolute Gasteiger partial charge is 0.273 e. The molecule has 170 valence electrons. The van der Waals surface area contributed by atoms with Crippen molar-refractivity contribution in [2.75, 3.05) is 13.1 Å². The van der Waals surface area contributed by atoms with Gasteiger partial charge in [0.2, 0.25) is 11.8 Å². The van der Waals surface area contributed by atoms with Crippen LogP contribution < -0.4 is 0 Å². The first kappa shape index (κ1) is 21.3. The molecule has 2 aliphatic rings. The summed E-state index contributed by atoms with van der Waals surface area (Å²) in [6, 6.07) is 10.0. The average Bonchev–Trinajstić information content (AvgIpc) is 3.41. The van der Waals surface area contributed by atoms with E-state index >= 15 is 0 Å². The Morgan fingerprint density at radius 1 is 1.00 bits per heavy atom. The molecule has 0 atom stereocenters. The summed E-state index contributed by atoms with van der Waals surface area (Å²) in [5, 5.41) is 2.34. The minimum Gasteiger partial charge on any atom is -0.300 e. The quantitative estimate of drug-likeness (QED) is 0.545. The van der Waals surface area contributed by atoms with Gasteiger partial charge in [0.15, 0.2) is 0 Å². The van der Waals surface area contributed by atoms with Gasteiger partial charge < -0.3 is 0 Å². The van der Waals surface area contributed by atoms with Crippen molar-refractivity contribution in [3.8, 4) is 11.3 Å². The lowest BCUT2D eigenvalue weighted by molar-refractivity contribution is -0.163. The van der Waals surface area contributed by atoms with Crippen LogP contribution in [-0.2, 0) is 22.7 Å². The van der Waals surface area contributed by atoms with Crippen LogP contribution in [0.2, 0.25) is 0 Å². The number of piperidine rings is 1. The van der Waals surface area contributed by atoms with Crippen LogP contribution >= 0.6 is 0 Å². The predicted molar refractivity (Wildman–Crippen MR) is 123 cm³/mol. The van der Waals surface area contributed by atoms with E-state index in [1.165, 1.54) is 10.6 Å². The van der Waals surface area contributed by atoms with Gasteiger partial charge in [-0.25, -0.2) is 9.99 Å². The van der Waals surface area contributed by atoms with Crippen LogP contribution in [0.15, 0.2) is 42.9 Å². The summed E-state index contributed by atoms with van der Waals surface area (Å²) < 4.78 is 2.04. The number of carbonyl (C=O) groups excluding carboxylic acids is 3. The zero-order valence-electron chi connectivity index (χ0n) is 19.0. The minimum atomic E-state index is -0.308. The van der Waals surface area contributed by atoms with E-state index in [2.05, 4.69) is 35.9 Å². The Morgan fingerprint density at radius 2 is 1.76 bits per heavy atom. The number of aromatic nitrogens is 2. The predicted octanol–water partition coefficient (Wildman–Crippen LogP) is 3.25. The van der Waals surface area contributed by atoms with Crippen LogP contribution in [0.3, 0.4) is 0 Å². The second-order valence-corrected chi connectivity index (χ2v) is 8.59. The van der Waals surface area contributed by atoms with Crippen molar-refractivity contribution < 1.29 is 14.4 Å². The van der Waals surface area contributed by atoms with E-state index in [9.17, 15) is 14.4 Å². The van der Waals surface area contributed by atoms with Crippen molar-refractivity contribution in [3.05, 3.63) is 59.5 Å². The highest BCUT2D eigenvalue weighted by Crippen LogP contribution is 2.32. The summed E-state index contributed by atoms with van der Waals surface area (Å²) in [6.07, 6.45) is 4.76. The minimum absolute atomic E-state index is 0.214. The van der Waals surface area contributed by atoms with Crippen molar-refractivity contribution >= 4 is 23.2 Å². The number of pyridine rings is 1. The summed E-state index contributed by atoms with van der Waals surface area (Å²) in [5.41, 5.74) is 5.51. The Bertz CT molecular complexity index is 1240. The molecule has 0 saturated carbocycles. The van der Waals surface area contributed by atoms with Gasteiger partial charge in [-0.1, -0.05) is 19.9 Å². The van der Waals surface area contributed by atoms with Crippen LogP contribution in [0, 0.1) is 0 Å². The van der Waals surface area contributed by atoms with Gasteiger partial charge in [0.1, 0.15) is 0 Å². The Kier molecular flexibility index (Phi) is 5.46. The molecule has 1 fully saturated rings. The summed E-state index contributed by atoms with van der Waals surface area (Å²) in [4.78, 5) is 44.4. The van der Waals surface area contributed by atoms with Gasteiger partial charge in [-0.15, -0.1) is 0 Å². The number of imide groups is 1. The van der Waals surface area contributed by atoms with Gasteiger partial charge in [0.05, 0.1) is 30.3 Å². The van der Waals surface area contributed by atoms with Crippen molar-refractivity contribution in [1.29, 1.82) is 0 Å². The highest BCUT2D eigenvalue weighted by molar-refractivity contribution is 6.04. The molecule has 2 aromatic heterocycles. The van der Waals surface area contributed by atoms with Gasteiger partial charge in [-0.2, -0.15) is 5.01 Å². The van der Waals surface area contributed by atoms with Crippen LogP contribution in [0.4, 0.5) is 0 Å². The Balaban J connectivity index is 1.51. The van der Waals surface area contributed by atoms with E-state index in [4.69, 9.17) is 0 Å². The van der Waals surface area contributed by atoms with Gasteiger partial charge in [0.25, 0.3) is 5.91 Å². The molecule has 33 heavy (non-hydrogen) atoms. The van der Waals surface area contributed by atoms with E-state index in [1.807, 2.05) is 22.7 Å². The molecule has 0 N–H and O–H groups in total. The molecule has 8 heteroatoms. The monoisotopic (exact) mass is 445 g/mol. The SMILES string of the molecule is CCN(CC)Cc1cc(-c2ccc3c(c2)CN(N2C(=O)CCCC2=O)C3=O)n2cncc2c1. The van der Waals surface area contributed by atoms with Crippen molar-refractivity contribution in [2.24, 2.45) is 0 Å². The summed E-state index contributed by atoms with van der Waals surface area (Å²) in [7, 11) is 0. The van der Waals surface area contributed by atoms with E-state index in [-0.39, 0.29) is 37.1 Å². The molecule has 3 amide bonds. The Labute approximate surface area is 192 Å². The third-order valence-corrected chi connectivity index (χ3v) is 6.56. The Morgan fingerprint density at radius 3 is 2.48 bits per heavy atom. The number of hydrogen-bond donors (Lipinski definition) is 0. The maximum atomic E-state index is 13.0. The molecule has 0 bridgehead atoms. The molecule has 4 heterocycles. The van der Waals surface area contributed by atoms with Crippen LogP contribution in [0.5, 0.6) is 0 Å². The van der Waals surface area contributed by atoms with Crippen LogP contribution in [-0.4, -0.2) is 55.1 Å². The molecule has 0 spiro atoms. The van der Waals surface area contributed by atoms with E-state index in [0.717, 1.165) is 47.0 Å². The van der Waals surface area contributed by atoms with Gasteiger partial charge in [-0.3, -0.25) is 23.7 Å². The largest absolute Gasteiger partial charge is 0.300 e. The molecular weight excluding hydrogens is 418 g/mol. The Hall–Kier alpha value is -3.52. The number of hydrogen-bond acceptors (Lipinski definition) is 5. The lowest BCUT2D eigenvalue weighted by Crippen LogP contribution is -2.51. The van der Waals surface area contributed by atoms with Crippen molar-refractivity contribution in [3.63, 3.8) is 0 Å². The molecule has 2 aliphatic heterocycles. The molecule has 0 unspecified atom stereocenters. The third-order valence-electron chi connectivity index (χ3n) is 6.56. The molecule has 1 saturated heterocycles. The van der Waals surface area contributed by atoms with Gasteiger partial charge >= 0.3 is 0 Å². The van der Waals surface area contributed by atoms with E-state index in [0.29, 0.717) is 12.0 Å². The first-order chi connectivity index (χ1) is 16.0. The number of benzene rings is 1. The molecule has 0 aliphatic carbocycles. The molecule has 5 rings (SSSR count). The van der Waals surface area contributed by atoms with Crippen molar-refractivity contribution in [2.45, 2.75) is 46.2 Å². The highest BCUT2D eigenvalue weighted by Gasteiger charge is 2.39. The van der Waals surface area contributed by atoms with E-state index < -0.39 is 0 Å². The average molecular weight is 446 g/mol. The maximum Gasteiger partial charge on any atom is 0.273 e. The summed E-state index contributed by atoms with van der Waals surface area (Å²) in [6.45, 7) is 7.32. The zero-order valence-corrected chi connectivity index (χ0v) is 19.0. The number of fused-ring (bicyclic) bond motifs is 2. The summed E-state index contributed by atoms with van der Waals surface area (Å²) in [5.74, 6) is -0.920. The third kappa shape index (κ3) is 3.70. The number of amides is 3. The number of nitrogens with zero attached hydrogens (tertiary/aromatic N) is 5. The number of hydrazine groups is 1. The molecule has 0 radical (unpaired) electrons. The standard InChI is InChI=1S/C25H27N5O3/c1-3-27(4-2)14-17-10-20-13-26-16-28(20)22(11-17)18-8-9-21-19(12-18)15-29(25(21)33)30-23(31)6-5-7-24(30)32/h8-13,16H,3-7,14-15H2,1-2H3. The van der Waals surface area contributed by atoms with Gasteiger partial charge in [-0.05, 0) is 60.5 Å². The lowest BCUT2D eigenvalue weighted by atomic mass is 10.0. The van der Waals surface area contributed by atoms with Crippen LogP contribution in [0.25, 0.3) is 16.8 Å². The molecule has 1 aromatic carbocycles. The fraction of sp³-hybridized carbons (Fsp3) is 0.360. The number of carbonyl (C=O) groups is 3. The molecule has 3 aromatic rings. The van der Waals surface area contributed by atoms with E-state index in [1.54, 1.807) is 12.4 Å². The number of imidazole rings is 1. The first-order valence-electron chi connectivity index (χ1n) is 11.5. The zero-order chi connectivity index (χ0) is 23.1. The molecule has 8 nitrogen and oxygen atoms in total. The fourth-order valence-electron chi connectivity index (χ4n) is 4.75. The molecular formula is C25H27N5O3. The number of rotatable bonds is 6. The second-order valence-electron chi connectivity index (χ2n) is 8.59. The maximum absolute atomic E-state index is 13.0. The van der Waals surface area contributed by atoms with Gasteiger partial charge in [0, 0.05) is 24.9 Å². The van der Waals surface area contributed by atoms with Crippen LogP contribution in [0.1, 0.15) is 54.6 Å². The second kappa shape index (κ2) is 8.44. The summed E-state index contributed by atoms with van der Waals surface area (Å²) >= 11 is 0.